The molecule has 2 unspecified atom stereocenters. The van der Waals surface area contributed by atoms with Gasteiger partial charge in [-0.05, 0) is 47.7 Å². The highest BCUT2D eigenvalue weighted by atomic mass is 79.9. The van der Waals surface area contributed by atoms with Crippen molar-refractivity contribution in [2.24, 2.45) is 5.92 Å². The van der Waals surface area contributed by atoms with E-state index in [2.05, 4.69) is 44.6 Å². The van der Waals surface area contributed by atoms with Crippen LogP contribution in [0.15, 0.2) is 16.8 Å². The first-order valence-electron chi connectivity index (χ1n) is 5.62. The zero-order chi connectivity index (χ0) is 10.7. The Morgan fingerprint density at radius 1 is 1.60 bits per heavy atom. The van der Waals surface area contributed by atoms with Crippen LogP contribution < -0.4 is 0 Å². The second-order valence-corrected chi connectivity index (χ2v) is 5.83. The maximum absolute atomic E-state index is 3.64. The summed E-state index contributed by atoms with van der Waals surface area (Å²) in [5.41, 5.74) is 1.49. The van der Waals surface area contributed by atoms with Gasteiger partial charge in [0.15, 0.2) is 0 Å². The molecule has 0 saturated carbocycles. The van der Waals surface area contributed by atoms with Crippen molar-refractivity contribution in [3.05, 3.63) is 22.4 Å². The molecular formula is C12H18BrNS. The molecule has 0 bridgehead atoms. The average molecular weight is 288 g/mol. The standard InChI is InChI=1S/C12H18BrNS/c1-10-2-5-14(12(10)8-13)6-3-11-4-7-15-9-11/h4,7,9-10,12H,2-3,5-6,8H2,1H3. The predicted molar refractivity (Wildman–Crippen MR) is 71.0 cm³/mol. The number of likely N-dealkylation sites (tertiary alicyclic amines) is 1. The Morgan fingerprint density at radius 3 is 3.13 bits per heavy atom. The first-order chi connectivity index (χ1) is 7.31. The van der Waals surface area contributed by atoms with Crippen LogP contribution in [0.2, 0.25) is 0 Å². The lowest BCUT2D eigenvalue weighted by Gasteiger charge is -2.24. The third-order valence-electron chi connectivity index (χ3n) is 3.42. The third-order valence-corrected chi connectivity index (χ3v) is 4.82. The van der Waals surface area contributed by atoms with E-state index in [1.165, 1.54) is 31.5 Å². The molecule has 1 aliphatic heterocycles. The van der Waals surface area contributed by atoms with Gasteiger partial charge in [-0.2, -0.15) is 11.3 Å². The van der Waals surface area contributed by atoms with Crippen molar-refractivity contribution in [2.45, 2.75) is 25.8 Å². The normalized spacial score (nSPS) is 27.3. The Balaban J connectivity index is 1.84. The summed E-state index contributed by atoms with van der Waals surface area (Å²) in [6.07, 6.45) is 2.57. The topological polar surface area (TPSA) is 3.24 Å². The van der Waals surface area contributed by atoms with E-state index in [4.69, 9.17) is 0 Å². The lowest BCUT2D eigenvalue weighted by atomic mass is 10.1. The number of hydrogen-bond acceptors (Lipinski definition) is 2. The lowest BCUT2D eigenvalue weighted by Crippen LogP contribution is -2.34. The fourth-order valence-corrected chi connectivity index (χ4v) is 4.07. The number of nitrogens with zero attached hydrogens (tertiary/aromatic N) is 1. The molecule has 15 heavy (non-hydrogen) atoms. The molecule has 84 valence electrons. The summed E-state index contributed by atoms with van der Waals surface area (Å²) < 4.78 is 0. The van der Waals surface area contributed by atoms with Crippen molar-refractivity contribution in [1.82, 2.24) is 4.90 Å². The molecule has 1 aliphatic rings. The van der Waals surface area contributed by atoms with Crippen molar-refractivity contribution < 1.29 is 0 Å². The molecule has 0 aromatic carbocycles. The summed E-state index contributed by atoms with van der Waals surface area (Å²) in [5.74, 6) is 0.854. The molecule has 1 nitrogen and oxygen atoms in total. The number of rotatable bonds is 4. The second-order valence-electron chi connectivity index (χ2n) is 4.41. The van der Waals surface area contributed by atoms with Crippen molar-refractivity contribution in [1.29, 1.82) is 0 Å². The first-order valence-corrected chi connectivity index (χ1v) is 7.69. The highest BCUT2D eigenvalue weighted by Crippen LogP contribution is 2.25. The molecule has 0 N–H and O–H groups in total. The van der Waals surface area contributed by atoms with Gasteiger partial charge in [0.25, 0.3) is 0 Å². The van der Waals surface area contributed by atoms with E-state index >= 15 is 0 Å². The molecule has 2 heterocycles. The molecule has 3 heteroatoms. The third kappa shape index (κ3) is 2.83. The van der Waals surface area contributed by atoms with Gasteiger partial charge in [0.05, 0.1) is 0 Å². The minimum absolute atomic E-state index is 0.753. The summed E-state index contributed by atoms with van der Waals surface area (Å²) in [4.78, 5) is 2.64. The molecule has 1 fully saturated rings. The molecule has 0 radical (unpaired) electrons. The molecule has 1 aromatic heterocycles. The summed E-state index contributed by atoms with van der Waals surface area (Å²) in [6.45, 7) is 4.87. The summed E-state index contributed by atoms with van der Waals surface area (Å²) in [7, 11) is 0. The molecular weight excluding hydrogens is 270 g/mol. The molecule has 0 aliphatic carbocycles. The van der Waals surface area contributed by atoms with Gasteiger partial charge in [-0.1, -0.05) is 22.9 Å². The molecule has 2 rings (SSSR count). The van der Waals surface area contributed by atoms with E-state index < -0.39 is 0 Å². The van der Waals surface area contributed by atoms with Crippen LogP contribution in [-0.2, 0) is 6.42 Å². The van der Waals surface area contributed by atoms with Gasteiger partial charge in [0.2, 0.25) is 0 Å². The minimum atomic E-state index is 0.753. The zero-order valence-corrected chi connectivity index (χ0v) is 11.6. The van der Waals surface area contributed by atoms with Gasteiger partial charge in [0, 0.05) is 17.9 Å². The smallest absolute Gasteiger partial charge is 0.0218 e. The van der Waals surface area contributed by atoms with Crippen LogP contribution in [0.5, 0.6) is 0 Å². The average Bonchev–Trinajstić information content (AvgIpc) is 2.84. The molecule has 0 amide bonds. The van der Waals surface area contributed by atoms with Crippen LogP contribution >= 0.6 is 27.3 Å². The molecule has 2 atom stereocenters. The molecule has 1 saturated heterocycles. The van der Waals surface area contributed by atoms with Gasteiger partial charge in [0.1, 0.15) is 0 Å². The highest BCUT2D eigenvalue weighted by molar-refractivity contribution is 9.09. The number of alkyl halides is 1. The van der Waals surface area contributed by atoms with Crippen LogP contribution in [0.25, 0.3) is 0 Å². The van der Waals surface area contributed by atoms with Crippen molar-refractivity contribution in [3.8, 4) is 0 Å². The largest absolute Gasteiger partial charge is 0.299 e. The predicted octanol–water partition coefficient (Wildman–Crippen LogP) is 3.40. The van der Waals surface area contributed by atoms with E-state index in [1.807, 2.05) is 0 Å². The summed E-state index contributed by atoms with van der Waals surface area (Å²) in [5, 5.41) is 5.56. The summed E-state index contributed by atoms with van der Waals surface area (Å²) in [6, 6.07) is 3.00. The monoisotopic (exact) mass is 287 g/mol. The van der Waals surface area contributed by atoms with Gasteiger partial charge in [-0.15, -0.1) is 0 Å². The SMILES string of the molecule is CC1CCN(CCc2ccsc2)C1CBr. The van der Waals surface area contributed by atoms with Crippen LogP contribution in [0.1, 0.15) is 18.9 Å². The van der Waals surface area contributed by atoms with Crippen LogP contribution in [0.3, 0.4) is 0 Å². The van der Waals surface area contributed by atoms with E-state index in [0.29, 0.717) is 0 Å². The number of thiophene rings is 1. The maximum Gasteiger partial charge on any atom is 0.0218 e. The quantitative estimate of drug-likeness (QED) is 0.768. The van der Waals surface area contributed by atoms with Crippen molar-refractivity contribution in [2.75, 3.05) is 18.4 Å². The number of hydrogen-bond donors (Lipinski definition) is 0. The fraction of sp³-hybridized carbons (Fsp3) is 0.667. The van der Waals surface area contributed by atoms with Gasteiger partial charge >= 0.3 is 0 Å². The highest BCUT2D eigenvalue weighted by Gasteiger charge is 2.29. The Kier molecular flexibility index (Phi) is 4.23. The first kappa shape index (κ1) is 11.6. The fourth-order valence-electron chi connectivity index (χ4n) is 2.32. The van der Waals surface area contributed by atoms with E-state index in [1.54, 1.807) is 11.3 Å². The Labute approximate surface area is 105 Å². The van der Waals surface area contributed by atoms with Crippen LogP contribution in [-0.4, -0.2) is 29.4 Å². The van der Waals surface area contributed by atoms with Crippen LogP contribution in [0.4, 0.5) is 0 Å². The summed E-state index contributed by atoms with van der Waals surface area (Å²) >= 11 is 5.44. The molecule has 0 spiro atoms. The lowest BCUT2D eigenvalue weighted by molar-refractivity contribution is 0.255. The Morgan fingerprint density at radius 2 is 2.47 bits per heavy atom. The van der Waals surface area contributed by atoms with E-state index in [0.717, 1.165) is 17.3 Å². The van der Waals surface area contributed by atoms with Gasteiger partial charge < -0.3 is 0 Å². The van der Waals surface area contributed by atoms with E-state index in [-0.39, 0.29) is 0 Å². The maximum atomic E-state index is 3.64. The van der Waals surface area contributed by atoms with E-state index in [9.17, 15) is 0 Å². The second kappa shape index (κ2) is 5.46. The Bertz CT molecular complexity index is 286. The van der Waals surface area contributed by atoms with Gasteiger partial charge in [-0.25, -0.2) is 0 Å². The zero-order valence-electron chi connectivity index (χ0n) is 9.16. The van der Waals surface area contributed by atoms with Crippen molar-refractivity contribution in [3.63, 3.8) is 0 Å². The molecule has 1 aromatic rings. The van der Waals surface area contributed by atoms with Crippen LogP contribution in [0, 0.1) is 5.92 Å². The van der Waals surface area contributed by atoms with Crippen molar-refractivity contribution >= 4 is 27.3 Å². The minimum Gasteiger partial charge on any atom is -0.299 e. The van der Waals surface area contributed by atoms with Gasteiger partial charge in [-0.3, -0.25) is 4.90 Å². The Hall–Kier alpha value is 0.140. The number of halogens is 1.